The lowest BCUT2D eigenvalue weighted by Gasteiger charge is -2.44. The number of ether oxygens (including phenoxy) is 1. The molecule has 1 aromatic carbocycles. The van der Waals surface area contributed by atoms with Gasteiger partial charge in [-0.3, -0.25) is 4.79 Å². The molecule has 2 aliphatic rings. The Kier molecular flexibility index (Phi) is 4.60. The molecule has 1 heterocycles. The molecular weight excluding hydrogens is 288 g/mol. The second-order valence-electron chi connectivity index (χ2n) is 6.13. The molecule has 0 N–H and O–H groups in total. The molecule has 2 fully saturated rings. The molecule has 2 atom stereocenters. The summed E-state index contributed by atoms with van der Waals surface area (Å²) in [6, 6.07) is 6.56. The van der Waals surface area contributed by atoms with Crippen molar-refractivity contribution < 1.29 is 18.3 Å². The van der Waals surface area contributed by atoms with Gasteiger partial charge in [-0.2, -0.15) is 8.78 Å². The summed E-state index contributed by atoms with van der Waals surface area (Å²) in [5.74, 6) is 0.364. The molecule has 5 heteroatoms. The van der Waals surface area contributed by atoms with Crippen molar-refractivity contribution in [2.45, 2.75) is 51.2 Å². The summed E-state index contributed by atoms with van der Waals surface area (Å²) < 4.78 is 29.6. The number of carbonyl (C=O) groups excluding carboxylic acids is 1. The second-order valence-corrected chi connectivity index (χ2v) is 6.13. The summed E-state index contributed by atoms with van der Waals surface area (Å²) in [5.41, 5.74) is 0.244. The van der Waals surface area contributed by atoms with Crippen LogP contribution in [0.3, 0.4) is 0 Å². The van der Waals surface area contributed by atoms with Crippen LogP contribution in [0.25, 0.3) is 0 Å². The van der Waals surface area contributed by atoms with Gasteiger partial charge < -0.3 is 9.64 Å². The largest absolute Gasteiger partial charge is 0.434 e. The molecule has 3 nitrogen and oxygen atoms in total. The SMILES string of the molecule is O=C(c1ccccc1OC(F)F)N1CCCC2CCCCC21. The summed E-state index contributed by atoms with van der Waals surface area (Å²) in [6.07, 6.45) is 6.72. The van der Waals surface area contributed by atoms with Crippen LogP contribution < -0.4 is 4.74 Å². The van der Waals surface area contributed by atoms with E-state index in [9.17, 15) is 13.6 Å². The highest BCUT2D eigenvalue weighted by molar-refractivity contribution is 5.97. The van der Waals surface area contributed by atoms with Crippen molar-refractivity contribution >= 4 is 5.91 Å². The Balaban J connectivity index is 1.83. The molecule has 2 unspecified atom stereocenters. The van der Waals surface area contributed by atoms with E-state index < -0.39 is 6.61 Å². The number of hydrogen-bond donors (Lipinski definition) is 0. The Morgan fingerprint density at radius 2 is 1.86 bits per heavy atom. The average molecular weight is 309 g/mol. The van der Waals surface area contributed by atoms with Crippen LogP contribution in [0.5, 0.6) is 5.75 Å². The highest BCUT2D eigenvalue weighted by Crippen LogP contribution is 2.36. The molecule has 1 aliphatic heterocycles. The molecule has 0 spiro atoms. The van der Waals surface area contributed by atoms with Gasteiger partial charge in [0.2, 0.25) is 0 Å². The first kappa shape index (κ1) is 15.3. The lowest BCUT2D eigenvalue weighted by atomic mass is 9.78. The van der Waals surface area contributed by atoms with E-state index in [1.165, 1.54) is 25.3 Å². The molecule has 1 saturated heterocycles. The summed E-state index contributed by atoms with van der Waals surface area (Å²) >= 11 is 0. The van der Waals surface area contributed by atoms with Gasteiger partial charge >= 0.3 is 6.61 Å². The van der Waals surface area contributed by atoms with Crippen molar-refractivity contribution in [2.75, 3.05) is 6.54 Å². The van der Waals surface area contributed by atoms with Crippen LogP contribution in [0.1, 0.15) is 48.9 Å². The zero-order valence-corrected chi connectivity index (χ0v) is 12.5. The summed E-state index contributed by atoms with van der Waals surface area (Å²) in [6.45, 7) is -2.21. The smallest absolute Gasteiger partial charge is 0.387 e. The molecule has 0 aromatic heterocycles. The quantitative estimate of drug-likeness (QED) is 0.842. The van der Waals surface area contributed by atoms with E-state index in [2.05, 4.69) is 4.74 Å². The van der Waals surface area contributed by atoms with Crippen molar-refractivity contribution in [3.8, 4) is 5.75 Å². The summed E-state index contributed by atoms with van der Waals surface area (Å²) in [4.78, 5) is 14.7. The molecule has 1 saturated carbocycles. The van der Waals surface area contributed by atoms with E-state index in [-0.39, 0.29) is 23.3 Å². The van der Waals surface area contributed by atoms with Gasteiger partial charge in [0.25, 0.3) is 5.91 Å². The number of nitrogens with zero attached hydrogens (tertiary/aromatic N) is 1. The number of alkyl halides is 2. The van der Waals surface area contributed by atoms with E-state index in [0.717, 1.165) is 19.3 Å². The minimum Gasteiger partial charge on any atom is -0.434 e. The standard InChI is InChI=1S/C17H21F2NO2/c18-17(19)22-15-10-4-2-8-13(15)16(21)20-11-5-7-12-6-1-3-9-14(12)20/h2,4,8,10,12,14,17H,1,3,5-7,9,11H2. The maximum Gasteiger partial charge on any atom is 0.387 e. The van der Waals surface area contributed by atoms with Gasteiger partial charge in [-0.05, 0) is 43.7 Å². The molecule has 0 bridgehead atoms. The third kappa shape index (κ3) is 3.08. The third-order valence-electron chi connectivity index (χ3n) is 4.84. The number of para-hydroxylation sites is 1. The van der Waals surface area contributed by atoms with Crippen LogP contribution >= 0.6 is 0 Å². The van der Waals surface area contributed by atoms with E-state index in [4.69, 9.17) is 0 Å². The van der Waals surface area contributed by atoms with Crippen molar-refractivity contribution in [3.05, 3.63) is 29.8 Å². The number of piperidine rings is 1. The van der Waals surface area contributed by atoms with E-state index in [0.29, 0.717) is 12.5 Å². The van der Waals surface area contributed by atoms with Crippen LogP contribution in [0.4, 0.5) is 8.78 Å². The van der Waals surface area contributed by atoms with Gasteiger partial charge in [-0.15, -0.1) is 0 Å². The second kappa shape index (κ2) is 6.63. The number of benzene rings is 1. The zero-order chi connectivity index (χ0) is 15.5. The Hall–Kier alpha value is -1.65. The van der Waals surface area contributed by atoms with Gasteiger partial charge in [0.1, 0.15) is 5.75 Å². The zero-order valence-electron chi connectivity index (χ0n) is 12.5. The molecule has 0 radical (unpaired) electrons. The number of fused-ring (bicyclic) bond motifs is 1. The first-order valence-corrected chi connectivity index (χ1v) is 8.01. The monoisotopic (exact) mass is 309 g/mol. The number of carbonyl (C=O) groups is 1. The highest BCUT2D eigenvalue weighted by Gasteiger charge is 2.36. The topological polar surface area (TPSA) is 29.5 Å². The maximum atomic E-state index is 12.9. The fourth-order valence-electron chi connectivity index (χ4n) is 3.87. The average Bonchev–Trinajstić information content (AvgIpc) is 2.54. The number of amides is 1. The van der Waals surface area contributed by atoms with Crippen LogP contribution in [0, 0.1) is 5.92 Å². The third-order valence-corrected chi connectivity index (χ3v) is 4.84. The summed E-state index contributed by atoms with van der Waals surface area (Å²) in [7, 11) is 0. The van der Waals surface area contributed by atoms with Crippen LogP contribution in [0.2, 0.25) is 0 Å². The van der Waals surface area contributed by atoms with Gasteiger partial charge in [0, 0.05) is 12.6 Å². The lowest BCUT2D eigenvalue weighted by molar-refractivity contribution is -0.0504. The number of likely N-dealkylation sites (tertiary alicyclic amines) is 1. The van der Waals surface area contributed by atoms with Crippen LogP contribution in [0.15, 0.2) is 24.3 Å². The molecule has 1 aliphatic carbocycles. The van der Waals surface area contributed by atoms with E-state index in [1.807, 2.05) is 4.90 Å². The van der Waals surface area contributed by atoms with Crippen molar-refractivity contribution in [1.82, 2.24) is 4.90 Å². The van der Waals surface area contributed by atoms with Gasteiger partial charge in [0.05, 0.1) is 5.56 Å². The minimum atomic E-state index is -2.92. The number of halogens is 2. The molecule has 3 rings (SSSR count). The van der Waals surface area contributed by atoms with Crippen molar-refractivity contribution in [3.63, 3.8) is 0 Å². The maximum absolute atomic E-state index is 12.9. The van der Waals surface area contributed by atoms with E-state index in [1.54, 1.807) is 18.2 Å². The van der Waals surface area contributed by atoms with E-state index >= 15 is 0 Å². The minimum absolute atomic E-state index is 0.0274. The van der Waals surface area contributed by atoms with Gasteiger partial charge in [-0.1, -0.05) is 25.0 Å². The fraction of sp³-hybridized carbons (Fsp3) is 0.588. The molecule has 22 heavy (non-hydrogen) atoms. The molecular formula is C17H21F2NO2. The predicted octanol–water partition coefficient (Wildman–Crippen LogP) is 4.08. The Morgan fingerprint density at radius 1 is 1.14 bits per heavy atom. The fourth-order valence-corrected chi connectivity index (χ4v) is 3.87. The summed E-state index contributed by atoms with van der Waals surface area (Å²) in [5, 5.41) is 0. The van der Waals surface area contributed by atoms with Crippen LogP contribution in [-0.4, -0.2) is 30.0 Å². The van der Waals surface area contributed by atoms with Crippen molar-refractivity contribution in [1.29, 1.82) is 0 Å². The molecule has 1 amide bonds. The first-order valence-electron chi connectivity index (χ1n) is 8.01. The molecule has 120 valence electrons. The van der Waals surface area contributed by atoms with Gasteiger partial charge in [-0.25, -0.2) is 0 Å². The van der Waals surface area contributed by atoms with Crippen LogP contribution in [-0.2, 0) is 0 Å². The number of rotatable bonds is 3. The van der Waals surface area contributed by atoms with Gasteiger partial charge in [0.15, 0.2) is 0 Å². The Labute approximate surface area is 129 Å². The highest BCUT2D eigenvalue weighted by atomic mass is 19.3. The number of hydrogen-bond acceptors (Lipinski definition) is 2. The lowest BCUT2D eigenvalue weighted by Crippen LogP contribution is -2.49. The normalized spacial score (nSPS) is 25.0. The Morgan fingerprint density at radius 3 is 2.68 bits per heavy atom. The van der Waals surface area contributed by atoms with Crippen molar-refractivity contribution in [2.24, 2.45) is 5.92 Å². The predicted molar refractivity (Wildman–Crippen MR) is 79.1 cm³/mol. The molecule has 1 aromatic rings. The Bertz CT molecular complexity index is 533. The first-order chi connectivity index (χ1) is 10.7.